The smallest absolute Gasteiger partial charge is 0.273 e. The zero-order chi connectivity index (χ0) is 19.8. The summed E-state index contributed by atoms with van der Waals surface area (Å²) in [4.78, 5) is 24.7. The number of nitrogens with one attached hydrogen (secondary N) is 2. The van der Waals surface area contributed by atoms with Crippen LogP contribution in [0.5, 0.6) is 5.75 Å². The molecule has 0 saturated carbocycles. The van der Waals surface area contributed by atoms with E-state index in [0.29, 0.717) is 23.5 Å². The molecule has 2 N–H and O–H groups in total. The molecule has 0 unspecified atom stereocenters. The fourth-order valence-corrected chi connectivity index (χ4v) is 2.66. The van der Waals surface area contributed by atoms with Crippen molar-refractivity contribution < 1.29 is 14.3 Å². The highest BCUT2D eigenvalue weighted by molar-refractivity contribution is 6.00. The van der Waals surface area contributed by atoms with Gasteiger partial charge in [0.1, 0.15) is 12.4 Å². The summed E-state index contributed by atoms with van der Waals surface area (Å²) in [5, 5.41) is 0. The van der Waals surface area contributed by atoms with Crippen molar-refractivity contribution in [3.63, 3.8) is 0 Å². The number of hydrogen-bond donors (Lipinski definition) is 2. The largest absolute Gasteiger partial charge is 0.488 e. The van der Waals surface area contributed by atoms with Crippen LogP contribution in [-0.2, 0) is 13.0 Å². The Morgan fingerprint density at radius 3 is 2.11 bits per heavy atom. The molecule has 0 aliphatic heterocycles. The van der Waals surface area contributed by atoms with Gasteiger partial charge < -0.3 is 4.74 Å². The van der Waals surface area contributed by atoms with Crippen LogP contribution in [0.15, 0.2) is 78.9 Å². The third-order valence-corrected chi connectivity index (χ3v) is 4.28. The maximum Gasteiger partial charge on any atom is 0.273 e. The van der Waals surface area contributed by atoms with E-state index >= 15 is 0 Å². The van der Waals surface area contributed by atoms with E-state index in [0.717, 1.165) is 17.5 Å². The lowest BCUT2D eigenvalue weighted by Gasteiger charge is -2.12. The van der Waals surface area contributed by atoms with Gasteiger partial charge in [0.15, 0.2) is 0 Å². The highest BCUT2D eigenvalue weighted by atomic mass is 16.5. The van der Waals surface area contributed by atoms with Crippen molar-refractivity contribution in [3.05, 3.63) is 101 Å². The number of aryl methyl sites for hydroxylation is 1. The summed E-state index contributed by atoms with van der Waals surface area (Å²) in [7, 11) is 0. The van der Waals surface area contributed by atoms with Crippen LogP contribution in [-0.4, -0.2) is 11.8 Å². The SMILES string of the molecule is CCc1ccc(C(=O)NNC(=O)c2ccccc2OCc2ccccc2)cc1. The van der Waals surface area contributed by atoms with E-state index in [9.17, 15) is 9.59 Å². The van der Waals surface area contributed by atoms with Gasteiger partial charge in [-0.2, -0.15) is 0 Å². The molecule has 3 aromatic carbocycles. The second kappa shape index (κ2) is 9.37. The average Bonchev–Trinajstić information content (AvgIpc) is 2.76. The number of amides is 2. The first-order valence-electron chi connectivity index (χ1n) is 9.12. The molecular weight excluding hydrogens is 352 g/mol. The van der Waals surface area contributed by atoms with Crippen LogP contribution in [0.2, 0.25) is 0 Å². The predicted octanol–water partition coefficient (Wildman–Crippen LogP) is 3.90. The van der Waals surface area contributed by atoms with E-state index in [1.165, 1.54) is 0 Å². The molecule has 5 heteroatoms. The zero-order valence-corrected chi connectivity index (χ0v) is 15.6. The summed E-state index contributed by atoms with van der Waals surface area (Å²) in [5.41, 5.74) is 7.86. The number of carbonyl (C=O) groups excluding carboxylic acids is 2. The highest BCUT2D eigenvalue weighted by Crippen LogP contribution is 2.19. The Balaban J connectivity index is 1.61. The Kier molecular flexibility index (Phi) is 6.41. The quantitative estimate of drug-likeness (QED) is 0.643. The molecule has 0 radical (unpaired) electrons. The van der Waals surface area contributed by atoms with Gasteiger partial charge in [0, 0.05) is 5.56 Å². The van der Waals surface area contributed by atoms with Crippen LogP contribution in [0, 0.1) is 0 Å². The molecule has 3 rings (SSSR count). The molecule has 0 spiro atoms. The van der Waals surface area contributed by atoms with Crippen LogP contribution in [0.25, 0.3) is 0 Å². The summed E-state index contributed by atoms with van der Waals surface area (Å²) < 4.78 is 5.79. The number of ether oxygens (including phenoxy) is 1. The predicted molar refractivity (Wildman–Crippen MR) is 108 cm³/mol. The number of para-hydroxylation sites is 1. The number of hydrogen-bond acceptors (Lipinski definition) is 3. The molecule has 0 aliphatic rings. The van der Waals surface area contributed by atoms with Gasteiger partial charge in [-0.25, -0.2) is 0 Å². The molecule has 28 heavy (non-hydrogen) atoms. The maximum absolute atomic E-state index is 12.5. The zero-order valence-electron chi connectivity index (χ0n) is 15.6. The third-order valence-electron chi connectivity index (χ3n) is 4.28. The Morgan fingerprint density at radius 2 is 1.39 bits per heavy atom. The summed E-state index contributed by atoms with van der Waals surface area (Å²) in [6, 6.07) is 23.9. The van der Waals surface area contributed by atoms with Crippen LogP contribution >= 0.6 is 0 Å². The first-order valence-corrected chi connectivity index (χ1v) is 9.12. The van der Waals surface area contributed by atoms with Gasteiger partial charge in [0.25, 0.3) is 11.8 Å². The molecule has 0 heterocycles. The van der Waals surface area contributed by atoms with Gasteiger partial charge in [-0.3, -0.25) is 20.4 Å². The number of rotatable bonds is 6. The molecule has 0 aliphatic carbocycles. The summed E-state index contributed by atoms with van der Waals surface area (Å²) >= 11 is 0. The fourth-order valence-electron chi connectivity index (χ4n) is 2.66. The lowest BCUT2D eigenvalue weighted by molar-refractivity contribution is 0.0844. The second-order valence-corrected chi connectivity index (χ2v) is 6.23. The summed E-state index contributed by atoms with van der Waals surface area (Å²) in [6.45, 7) is 2.40. The fraction of sp³-hybridized carbons (Fsp3) is 0.130. The number of hydrazine groups is 1. The third kappa shape index (κ3) is 4.98. The molecule has 0 saturated heterocycles. The topological polar surface area (TPSA) is 67.4 Å². The second-order valence-electron chi connectivity index (χ2n) is 6.23. The normalized spacial score (nSPS) is 10.2. The van der Waals surface area contributed by atoms with Gasteiger partial charge in [0.2, 0.25) is 0 Å². The van der Waals surface area contributed by atoms with Crippen LogP contribution in [0.4, 0.5) is 0 Å². The summed E-state index contributed by atoms with van der Waals surface area (Å²) in [5.74, 6) is -0.369. The minimum absolute atomic E-state index is 0.347. The maximum atomic E-state index is 12.5. The minimum Gasteiger partial charge on any atom is -0.488 e. The lowest BCUT2D eigenvalue weighted by atomic mass is 10.1. The van der Waals surface area contributed by atoms with Gasteiger partial charge in [-0.15, -0.1) is 0 Å². The number of carbonyl (C=O) groups is 2. The Morgan fingerprint density at radius 1 is 0.750 bits per heavy atom. The lowest BCUT2D eigenvalue weighted by Crippen LogP contribution is -2.41. The first-order chi connectivity index (χ1) is 13.7. The van der Waals surface area contributed by atoms with Crippen molar-refractivity contribution in [1.29, 1.82) is 0 Å². The molecule has 0 bridgehead atoms. The van der Waals surface area contributed by atoms with Gasteiger partial charge in [-0.1, -0.05) is 61.5 Å². The van der Waals surface area contributed by atoms with Crippen molar-refractivity contribution in [2.75, 3.05) is 0 Å². The molecule has 142 valence electrons. The molecule has 2 amide bonds. The molecule has 5 nitrogen and oxygen atoms in total. The molecule has 0 aromatic heterocycles. The van der Waals surface area contributed by atoms with Crippen LogP contribution in [0.1, 0.15) is 38.8 Å². The van der Waals surface area contributed by atoms with Crippen LogP contribution < -0.4 is 15.6 Å². The van der Waals surface area contributed by atoms with E-state index in [-0.39, 0.29) is 5.91 Å². The van der Waals surface area contributed by atoms with Gasteiger partial charge in [-0.05, 0) is 41.8 Å². The van der Waals surface area contributed by atoms with E-state index in [1.807, 2.05) is 49.4 Å². The molecule has 0 fully saturated rings. The summed E-state index contributed by atoms with van der Waals surface area (Å²) in [6.07, 6.45) is 0.901. The molecular formula is C23H22N2O3. The van der Waals surface area contributed by atoms with Crippen LogP contribution in [0.3, 0.4) is 0 Å². The molecule has 0 atom stereocenters. The first kappa shape index (κ1) is 19.2. The Hall–Kier alpha value is -3.60. The number of benzene rings is 3. The van der Waals surface area contributed by atoms with Crippen molar-refractivity contribution >= 4 is 11.8 Å². The van der Waals surface area contributed by atoms with E-state index in [2.05, 4.69) is 10.9 Å². The average molecular weight is 374 g/mol. The molecule has 3 aromatic rings. The van der Waals surface area contributed by atoms with Gasteiger partial charge >= 0.3 is 0 Å². The van der Waals surface area contributed by atoms with Crippen molar-refractivity contribution in [1.82, 2.24) is 10.9 Å². The van der Waals surface area contributed by atoms with E-state index in [1.54, 1.807) is 36.4 Å². The van der Waals surface area contributed by atoms with Crippen molar-refractivity contribution in [3.8, 4) is 5.75 Å². The monoisotopic (exact) mass is 374 g/mol. The minimum atomic E-state index is -0.442. The van der Waals surface area contributed by atoms with Crippen molar-refractivity contribution in [2.45, 2.75) is 20.0 Å². The van der Waals surface area contributed by atoms with E-state index < -0.39 is 5.91 Å². The standard InChI is InChI=1S/C23H22N2O3/c1-2-17-12-14-19(15-13-17)22(26)24-25-23(27)20-10-6-7-11-21(20)28-16-18-8-4-3-5-9-18/h3-15H,2,16H2,1H3,(H,24,26)(H,25,27). The van der Waals surface area contributed by atoms with Gasteiger partial charge in [0.05, 0.1) is 5.56 Å². The van der Waals surface area contributed by atoms with Crippen molar-refractivity contribution in [2.24, 2.45) is 0 Å². The Labute approximate surface area is 164 Å². The highest BCUT2D eigenvalue weighted by Gasteiger charge is 2.14. The van der Waals surface area contributed by atoms with E-state index in [4.69, 9.17) is 4.74 Å². The Bertz CT molecular complexity index is 938.